The third-order valence-corrected chi connectivity index (χ3v) is 8.31. The highest BCUT2D eigenvalue weighted by Gasteiger charge is 2.52. The second-order valence-electron chi connectivity index (χ2n) is 8.33. The fourth-order valence-corrected chi connectivity index (χ4v) is 6.54. The molecule has 2 atom stereocenters. The van der Waals surface area contributed by atoms with Gasteiger partial charge in [0.1, 0.15) is 0 Å². The number of benzene rings is 4. The first-order valence-electron chi connectivity index (χ1n) is 11.0. The molecule has 0 amide bonds. The minimum Gasteiger partial charge on any atom is -0.360 e. The number of hydrogen-bond acceptors (Lipinski definition) is 4. The van der Waals surface area contributed by atoms with Crippen LogP contribution in [0.2, 0.25) is 5.02 Å². The first kappa shape index (κ1) is 21.8. The van der Waals surface area contributed by atoms with Gasteiger partial charge in [-0.2, -0.15) is 0 Å². The molecule has 0 radical (unpaired) electrons. The minimum atomic E-state index is -0.789. The van der Waals surface area contributed by atoms with E-state index in [-0.39, 0.29) is 5.25 Å². The molecule has 0 aromatic heterocycles. The lowest BCUT2D eigenvalue weighted by Gasteiger charge is -2.37. The van der Waals surface area contributed by atoms with Crippen LogP contribution in [0.5, 0.6) is 0 Å². The molecule has 2 unspecified atom stereocenters. The zero-order valence-corrected chi connectivity index (χ0v) is 21.2. The summed E-state index contributed by atoms with van der Waals surface area (Å²) >= 11 is 11.7. The number of rotatable bonds is 3. The Labute approximate surface area is 216 Å². The Bertz CT molecular complexity index is 1380. The maximum Gasteiger partial charge on any atom is 0.242 e. The molecule has 34 heavy (non-hydrogen) atoms. The van der Waals surface area contributed by atoms with Gasteiger partial charge in [0, 0.05) is 37.2 Å². The monoisotopic (exact) mass is 546 g/mol. The summed E-state index contributed by atoms with van der Waals surface area (Å²) in [6.45, 7) is 0. The summed E-state index contributed by atoms with van der Waals surface area (Å²) < 4.78 is 1.00. The molecule has 0 saturated carbocycles. The van der Waals surface area contributed by atoms with Gasteiger partial charge in [-0.25, -0.2) is 0 Å². The molecule has 3 nitrogen and oxygen atoms in total. The van der Waals surface area contributed by atoms with E-state index in [9.17, 15) is 0 Å². The zero-order chi connectivity index (χ0) is 23.1. The van der Waals surface area contributed by atoms with E-state index in [1.807, 2.05) is 42.1 Å². The van der Waals surface area contributed by atoms with E-state index in [4.69, 9.17) is 21.6 Å². The Morgan fingerprint density at radius 2 is 1.68 bits per heavy atom. The van der Waals surface area contributed by atoms with Gasteiger partial charge in [-0.05, 0) is 42.0 Å². The van der Waals surface area contributed by atoms with Crippen LogP contribution in [0, 0.1) is 0 Å². The van der Waals surface area contributed by atoms with E-state index in [1.165, 1.54) is 10.5 Å². The van der Waals surface area contributed by atoms with Crippen molar-refractivity contribution in [2.45, 2.75) is 22.3 Å². The van der Waals surface area contributed by atoms with Gasteiger partial charge in [-0.1, -0.05) is 99.4 Å². The van der Waals surface area contributed by atoms with Crippen LogP contribution in [0.4, 0.5) is 5.69 Å². The van der Waals surface area contributed by atoms with Crippen LogP contribution < -0.4 is 4.90 Å². The maximum absolute atomic E-state index is 6.51. The summed E-state index contributed by atoms with van der Waals surface area (Å²) in [7, 11) is 0. The van der Waals surface area contributed by atoms with Gasteiger partial charge < -0.3 is 4.84 Å². The van der Waals surface area contributed by atoms with E-state index in [0.717, 1.165) is 32.1 Å². The smallest absolute Gasteiger partial charge is 0.242 e. The molecule has 0 fully saturated rings. The van der Waals surface area contributed by atoms with Crippen molar-refractivity contribution in [3.8, 4) is 0 Å². The Hall–Kier alpha value is -2.73. The molecule has 0 spiro atoms. The quantitative estimate of drug-likeness (QED) is 0.257. The van der Waals surface area contributed by atoms with Crippen molar-refractivity contribution < 1.29 is 4.84 Å². The number of hydrogen-bond donors (Lipinski definition) is 0. The van der Waals surface area contributed by atoms with Crippen LogP contribution >= 0.6 is 39.3 Å². The number of nitrogens with zero attached hydrogens (tertiary/aromatic N) is 2. The molecule has 0 saturated heterocycles. The van der Waals surface area contributed by atoms with Crippen LogP contribution in [0.3, 0.4) is 0 Å². The molecule has 168 valence electrons. The number of anilines is 1. The second-order valence-corrected chi connectivity index (χ2v) is 10.9. The van der Waals surface area contributed by atoms with E-state index in [2.05, 4.69) is 93.6 Å². The third kappa shape index (κ3) is 3.72. The molecule has 0 aliphatic carbocycles. The molecule has 2 heterocycles. The van der Waals surface area contributed by atoms with E-state index >= 15 is 0 Å². The highest BCUT2D eigenvalue weighted by atomic mass is 79.9. The maximum atomic E-state index is 6.51. The van der Waals surface area contributed by atoms with E-state index in [1.54, 1.807) is 0 Å². The number of para-hydroxylation sites is 1. The van der Waals surface area contributed by atoms with Crippen molar-refractivity contribution in [1.29, 1.82) is 0 Å². The predicted molar refractivity (Wildman–Crippen MR) is 143 cm³/mol. The highest BCUT2D eigenvalue weighted by Crippen LogP contribution is 2.56. The van der Waals surface area contributed by atoms with Crippen LogP contribution in [-0.4, -0.2) is 5.84 Å². The molecule has 6 heteroatoms. The average Bonchev–Trinajstić information content (AvgIpc) is 3.18. The van der Waals surface area contributed by atoms with Crippen LogP contribution in [0.1, 0.15) is 28.4 Å². The third-order valence-electron chi connectivity index (χ3n) is 6.24. The van der Waals surface area contributed by atoms with Crippen molar-refractivity contribution in [3.05, 3.63) is 129 Å². The van der Waals surface area contributed by atoms with Gasteiger partial charge >= 0.3 is 0 Å². The Morgan fingerprint density at radius 1 is 0.912 bits per heavy atom. The molecule has 2 aliphatic rings. The van der Waals surface area contributed by atoms with Gasteiger partial charge in [-0.3, -0.25) is 4.90 Å². The van der Waals surface area contributed by atoms with E-state index in [0.29, 0.717) is 6.42 Å². The Balaban J connectivity index is 1.57. The number of halogens is 2. The first-order chi connectivity index (χ1) is 16.6. The van der Waals surface area contributed by atoms with Gasteiger partial charge in [0.2, 0.25) is 5.72 Å². The lowest BCUT2D eigenvalue weighted by molar-refractivity contribution is -0.0283. The first-order valence-corrected chi connectivity index (χ1v) is 13.1. The van der Waals surface area contributed by atoms with Crippen molar-refractivity contribution in [2.24, 2.45) is 5.16 Å². The highest BCUT2D eigenvalue weighted by molar-refractivity contribution is 9.10. The molecular weight excluding hydrogens is 528 g/mol. The summed E-state index contributed by atoms with van der Waals surface area (Å²) in [6, 6.07) is 35.3. The molecule has 2 aliphatic heterocycles. The largest absolute Gasteiger partial charge is 0.360 e. The fourth-order valence-electron chi connectivity index (χ4n) is 4.67. The molecule has 0 bridgehead atoms. The SMILES string of the molecule is Clc1ccc(C2CC3(c4ccccc4)ON=C(c4cccc(Br)c4)N3c3ccccc3S2)cc1. The Morgan fingerprint density at radius 3 is 2.47 bits per heavy atom. The fraction of sp³-hybridized carbons (Fsp3) is 0.107. The number of fused-ring (bicyclic) bond motifs is 3. The summed E-state index contributed by atoms with van der Waals surface area (Å²) in [5.74, 6) is 0.801. The number of thioether (sulfide) groups is 1. The molecule has 4 aromatic rings. The summed E-state index contributed by atoms with van der Waals surface area (Å²) in [4.78, 5) is 9.98. The number of oxime groups is 1. The molecule has 4 aromatic carbocycles. The van der Waals surface area contributed by atoms with E-state index < -0.39 is 5.72 Å². The van der Waals surface area contributed by atoms with Crippen LogP contribution in [-0.2, 0) is 10.6 Å². The van der Waals surface area contributed by atoms with Crippen molar-refractivity contribution in [2.75, 3.05) is 4.90 Å². The average molecular weight is 548 g/mol. The van der Waals surface area contributed by atoms with Crippen molar-refractivity contribution >= 4 is 50.8 Å². The Kier molecular flexibility index (Phi) is 5.64. The van der Waals surface area contributed by atoms with Crippen LogP contribution in [0.25, 0.3) is 0 Å². The second kappa shape index (κ2) is 8.81. The lowest BCUT2D eigenvalue weighted by atomic mass is 9.92. The standard InChI is InChI=1S/C28H20BrClN2OS/c29-22-10-6-7-20(17-22)27-31-33-28(21-8-2-1-3-9-21)18-26(19-13-15-23(30)16-14-19)34-25-12-5-4-11-24(25)32(27)28/h1-17,26H,18H2. The lowest BCUT2D eigenvalue weighted by Crippen LogP contribution is -2.47. The van der Waals surface area contributed by atoms with Gasteiger partial charge in [-0.15, -0.1) is 11.8 Å². The summed E-state index contributed by atoms with van der Waals surface area (Å²) in [5, 5.41) is 5.59. The van der Waals surface area contributed by atoms with Crippen molar-refractivity contribution in [3.63, 3.8) is 0 Å². The minimum absolute atomic E-state index is 0.140. The van der Waals surface area contributed by atoms with Crippen molar-refractivity contribution in [1.82, 2.24) is 0 Å². The predicted octanol–water partition coefficient (Wildman–Crippen LogP) is 8.39. The number of amidine groups is 1. The summed E-state index contributed by atoms with van der Waals surface area (Å²) in [6.07, 6.45) is 0.707. The molecule has 0 N–H and O–H groups in total. The van der Waals surface area contributed by atoms with Gasteiger partial charge in [0.25, 0.3) is 0 Å². The topological polar surface area (TPSA) is 24.8 Å². The van der Waals surface area contributed by atoms with Crippen LogP contribution in [0.15, 0.2) is 118 Å². The normalized spacial score (nSPS) is 21.2. The molecular formula is C28H20BrClN2OS. The van der Waals surface area contributed by atoms with Gasteiger partial charge in [0.05, 0.1) is 5.69 Å². The molecule has 6 rings (SSSR count). The summed E-state index contributed by atoms with van der Waals surface area (Å²) in [5.41, 5.74) is 3.57. The zero-order valence-electron chi connectivity index (χ0n) is 18.1. The van der Waals surface area contributed by atoms with Gasteiger partial charge in [0.15, 0.2) is 5.84 Å².